The lowest BCUT2D eigenvalue weighted by Crippen LogP contribution is -2.51. The molecule has 7 heteroatoms. The van der Waals surface area contributed by atoms with E-state index in [4.69, 9.17) is 0 Å². The third-order valence-corrected chi connectivity index (χ3v) is 4.97. The van der Waals surface area contributed by atoms with Crippen LogP contribution >= 0.6 is 0 Å². The average Bonchev–Trinajstić information content (AvgIpc) is 2.86. The summed E-state index contributed by atoms with van der Waals surface area (Å²) in [5.74, 6) is -1.11. The Hall–Kier alpha value is -2.70. The highest BCUT2D eigenvalue weighted by molar-refractivity contribution is 6.22. The molecule has 0 aliphatic carbocycles. The molecular formula is C20H25N3O4. The van der Waals surface area contributed by atoms with Crippen LogP contribution in [0.15, 0.2) is 24.3 Å². The molecule has 1 N–H and O–H groups in total. The Balaban J connectivity index is 1.52. The molecule has 27 heavy (non-hydrogen) atoms. The molecule has 4 amide bonds. The number of amides is 4. The molecule has 1 fully saturated rings. The van der Waals surface area contributed by atoms with E-state index in [0.29, 0.717) is 37.1 Å². The van der Waals surface area contributed by atoms with Crippen molar-refractivity contribution in [3.05, 3.63) is 35.4 Å². The van der Waals surface area contributed by atoms with E-state index in [1.54, 1.807) is 24.3 Å². The molecule has 1 aromatic carbocycles. The number of nitrogens with zero attached hydrogens (tertiary/aromatic N) is 2. The number of benzene rings is 1. The van der Waals surface area contributed by atoms with Crippen molar-refractivity contribution in [1.29, 1.82) is 0 Å². The number of rotatable bonds is 3. The summed E-state index contributed by atoms with van der Waals surface area (Å²) in [6.07, 6.45) is 1.32. The Morgan fingerprint density at radius 1 is 1.04 bits per heavy atom. The lowest BCUT2D eigenvalue weighted by atomic mass is 9.93. The standard InChI is InChI=1S/C20H25N3O4/c1-20(2,3)19(27)22-10-8-13(9-11-22)21-16(24)12-23-17(25)14-6-4-5-7-15(14)18(23)26/h4-7,13H,8-12H2,1-3H3,(H,21,24). The third kappa shape index (κ3) is 3.86. The number of hydrogen-bond donors (Lipinski definition) is 1. The van der Waals surface area contributed by atoms with Gasteiger partial charge in [-0.3, -0.25) is 24.1 Å². The van der Waals surface area contributed by atoms with Crippen LogP contribution in [0.3, 0.4) is 0 Å². The first kappa shape index (κ1) is 19.1. The van der Waals surface area contributed by atoms with Gasteiger partial charge in [0.05, 0.1) is 11.1 Å². The molecule has 0 bridgehead atoms. The van der Waals surface area contributed by atoms with E-state index in [2.05, 4.69) is 5.32 Å². The maximum Gasteiger partial charge on any atom is 0.262 e. The van der Waals surface area contributed by atoms with Crippen LogP contribution in [0.1, 0.15) is 54.3 Å². The highest BCUT2D eigenvalue weighted by Gasteiger charge is 2.37. The minimum Gasteiger partial charge on any atom is -0.352 e. The zero-order valence-corrected chi connectivity index (χ0v) is 15.9. The zero-order valence-electron chi connectivity index (χ0n) is 15.9. The van der Waals surface area contributed by atoms with Crippen molar-refractivity contribution < 1.29 is 19.2 Å². The van der Waals surface area contributed by atoms with Gasteiger partial charge >= 0.3 is 0 Å². The Kier molecular flexibility index (Phi) is 5.04. The first-order chi connectivity index (χ1) is 12.7. The van der Waals surface area contributed by atoms with Crippen LogP contribution in [0, 0.1) is 5.41 Å². The molecule has 1 aromatic rings. The summed E-state index contributed by atoms with van der Waals surface area (Å²) in [6, 6.07) is 6.52. The number of fused-ring (bicyclic) bond motifs is 1. The van der Waals surface area contributed by atoms with E-state index >= 15 is 0 Å². The average molecular weight is 371 g/mol. The van der Waals surface area contributed by atoms with Gasteiger partial charge in [-0.1, -0.05) is 32.9 Å². The summed E-state index contributed by atoms with van der Waals surface area (Å²) in [7, 11) is 0. The van der Waals surface area contributed by atoms with Gasteiger partial charge in [0.25, 0.3) is 11.8 Å². The lowest BCUT2D eigenvalue weighted by Gasteiger charge is -2.36. The fourth-order valence-corrected chi connectivity index (χ4v) is 3.50. The molecule has 144 valence electrons. The van der Waals surface area contributed by atoms with Gasteiger partial charge in [0.1, 0.15) is 6.54 Å². The molecule has 2 aliphatic heterocycles. The van der Waals surface area contributed by atoms with Crippen molar-refractivity contribution in [2.75, 3.05) is 19.6 Å². The number of nitrogens with one attached hydrogen (secondary N) is 1. The summed E-state index contributed by atoms with van der Waals surface area (Å²) >= 11 is 0. The van der Waals surface area contributed by atoms with Crippen LogP contribution in [-0.2, 0) is 9.59 Å². The molecular weight excluding hydrogens is 346 g/mol. The van der Waals surface area contributed by atoms with E-state index < -0.39 is 17.2 Å². The Bertz CT molecular complexity index is 754. The van der Waals surface area contributed by atoms with Crippen molar-refractivity contribution in [2.24, 2.45) is 5.41 Å². The minimum absolute atomic E-state index is 0.0586. The number of piperidine rings is 1. The van der Waals surface area contributed by atoms with Gasteiger partial charge in [-0.2, -0.15) is 0 Å². The maximum atomic E-state index is 12.3. The van der Waals surface area contributed by atoms with Crippen LogP contribution in [0.5, 0.6) is 0 Å². The van der Waals surface area contributed by atoms with E-state index in [1.807, 2.05) is 25.7 Å². The van der Waals surface area contributed by atoms with Crippen LogP contribution < -0.4 is 5.32 Å². The van der Waals surface area contributed by atoms with Crippen molar-refractivity contribution in [1.82, 2.24) is 15.1 Å². The van der Waals surface area contributed by atoms with Crippen LogP contribution in [0.25, 0.3) is 0 Å². The summed E-state index contributed by atoms with van der Waals surface area (Å²) in [5, 5.41) is 2.89. The predicted molar refractivity (Wildman–Crippen MR) is 99.0 cm³/mol. The topological polar surface area (TPSA) is 86.8 Å². The monoisotopic (exact) mass is 371 g/mol. The quantitative estimate of drug-likeness (QED) is 0.815. The molecule has 0 aromatic heterocycles. The molecule has 0 saturated carbocycles. The molecule has 0 atom stereocenters. The van der Waals surface area contributed by atoms with Gasteiger partial charge in [-0.25, -0.2) is 0 Å². The van der Waals surface area contributed by atoms with Crippen molar-refractivity contribution >= 4 is 23.6 Å². The summed E-state index contributed by atoms with van der Waals surface area (Å²) in [6.45, 7) is 6.58. The van der Waals surface area contributed by atoms with E-state index in [9.17, 15) is 19.2 Å². The molecule has 0 unspecified atom stereocenters. The van der Waals surface area contributed by atoms with E-state index in [0.717, 1.165) is 4.90 Å². The third-order valence-electron chi connectivity index (χ3n) is 4.97. The van der Waals surface area contributed by atoms with Gasteiger partial charge in [-0.15, -0.1) is 0 Å². The number of imide groups is 1. The molecule has 1 saturated heterocycles. The second-order valence-electron chi connectivity index (χ2n) is 8.13. The molecule has 0 spiro atoms. The largest absolute Gasteiger partial charge is 0.352 e. The number of carbonyl (C=O) groups excluding carboxylic acids is 4. The second-order valence-corrected chi connectivity index (χ2v) is 8.13. The highest BCUT2D eigenvalue weighted by atomic mass is 16.2. The van der Waals surface area contributed by atoms with Crippen molar-refractivity contribution in [2.45, 2.75) is 39.7 Å². The first-order valence-corrected chi connectivity index (χ1v) is 9.22. The molecule has 7 nitrogen and oxygen atoms in total. The van der Waals surface area contributed by atoms with Gasteiger partial charge < -0.3 is 10.2 Å². The minimum atomic E-state index is -0.434. The maximum absolute atomic E-state index is 12.3. The van der Waals surface area contributed by atoms with Crippen molar-refractivity contribution in [3.63, 3.8) is 0 Å². The smallest absolute Gasteiger partial charge is 0.262 e. The van der Waals surface area contributed by atoms with Crippen LogP contribution in [-0.4, -0.2) is 59.1 Å². The van der Waals surface area contributed by atoms with Crippen LogP contribution in [0.2, 0.25) is 0 Å². The first-order valence-electron chi connectivity index (χ1n) is 9.22. The fraction of sp³-hybridized carbons (Fsp3) is 0.500. The highest BCUT2D eigenvalue weighted by Crippen LogP contribution is 2.23. The molecule has 2 heterocycles. The Labute approximate surface area is 158 Å². The second kappa shape index (κ2) is 7.13. The van der Waals surface area contributed by atoms with Crippen LogP contribution in [0.4, 0.5) is 0 Å². The number of likely N-dealkylation sites (tertiary alicyclic amines) is 1. The predicted octanol–water partition coefficient (Wildman–Crippen LogP) is 1.44. The molecule has 2 aliphatic rings. The fourth-order valence-electron chi connectivity index (χ4n) is 3.50. The van der Waals surface area contributed by atoms with Gasteiger partial charge in [0.2, 0.25) is 11.8 Å². The van der Waals surface area contributed by atoms with Gasteiger partial charge in [0.15, 0.2) is 0 Å². The summed E-state index contributed by atoms with van der Waals surface area (Å²) in [5.41, 5.74) is 0.260. The normalized spacial score (nSPS) is 17.9. The number of carbonyl (C=O) groups is 4. The Morgan fingerprint density at radius 3 is 2.04 bits per heavy atom. The summed E-state index contributed by atoms with van der Waals surface area (Å²) < 4.78 is 0. The van der Waals surface area contributed by atoms with Gasteiger partial charge in [-0.05, 0) is 25.0 Å². The SMILES string of the molecule is CC(C)(C)C(=O)N1CCC(NC(=O)CN2C(=O)c3ccccc3C2=O)CC1. The van der Waals surface area contributed by atoms with E-state index in [-0.39, 0.29) is 24.4 Å². The van der Waals surface area contributed by atoms with E-state index in [1.165, 1.54) is 0 Å². The summed E-state index contributed by atoms with van der Waals surface area (Å²) in [4.78, 5) is 52.1. The Morgan fingerprint density at radius 2 is 1.56 bits per heavy atom. The zero-order chi connectivity index (χ0) is 19.8. The molecule has 3 rings (SSSR count). The van der Waals surface area contributed by atoms with Crippen molar-refractivity contribution in [3.8, 4) is 0 Å². The molecule has 0 radical (unpaired) electrons. The van der Waals surface area contributed by atoms with Gasteiger partial charge in [0, 0.05) is 24.5 Å². The lowest BCUT2D eigenvalue weighted by molar-refractivity contribution is -0.140. The number of hydrogen-bond acceptors (Lipinski definition) is 4.